The molecule has 0 aliphatic rings. The zero-order valence-corrected chi connectivity index (χ0v) is 17.0. The molecule has 158 valence electrons. The average Bonchev–Trinajstić information content (AvgIpc) is 2.84. The molecule has 0 aliphatic carbocycles. The van der Waals surface area contributed by atoms with Gasteiger partial charge in [-0.15, -0.1) is 0 Å². The summed E-state index contributed by atoms with van der Waals surface area (Å²) in [6.45, 7) is 0. The van der Waals surface area contributed by atoms with E-state index in [0.717, 1.165) is 11.1 Å². The Morgan fingerprint density at radius 1 is 0.688 bits per heavy atom. The molecule has 4 aromatic carbocycles. The summed E-state index contributed by atoms with van der Waals surface area (Å²) < 4.78 is 11.6. The van der Waals surface area contributed by atoms with Crippen molar-refractivity contribution in [3.05, 3.63) is 136 Å². The molecule has 0 saturated carbocycles. The smallest absolute Gasteiger partial charge is 0.339 e. The minimum atomic E-state index is -0.527. The summed E-state index contributed by atoms with van der Waals surface area (Å²) in [5.41, 5.74) is 2.13. The SMILES string of the molecule is O=C(OC(c1ccccc1)c1ccccc1)c1ccc(Oc2ccc([N+](=O)[O-])cc2)cc1. The summed E-state index contributed by atoms with van der Waals surface area (Å²) >= 11 is 0. The van der Waals surface area contributed by atoms with Crippen molar-refractivity contribution in [3.63, 3.8) is 0 Å². The first-order valence-corrected chi connectivity index (χ1v) is 9.93. The lowest BCUT2D eigenvalue weighted by Crippen LogP contribution is -2.13. The lowest BCUT2D eigenvalue weighted by molar-refractivity contribution is -0.384. The van der Waals surface area contributed by atoms with E-state index in [1.807, 2.05) is 60.7 Å². The van der Waals surface area contributed by atoms with E-state index in [1.54, 1.807) is 24.3 Å². The molecule has 0 heterocycles. The van der Waals surface area contributed by atoms with Crippen molar-refractivity contribution in [2.24, 2.45) is 0 Å². The fourth-order valence-corrected chi connectivity index (χ4v) is 3.19. The summed E-state index contributed by atoms with van der Waals surface area (Å²) in [6.07, 6.45) is -0.527. The number of carbonyl (C=O) groups excluding carboxylic acids is 1. The van der Waals surface area contributed by atoms with Gasteiger partial charge in [0.1, 0.15) is 11.5 Å². The Morgan fingerprint density at radius 3 is 1.62 bits per heavy atom. The second-order valence-corrected chi connectivity index (χ2v) is 6.98. The number of nitro groups is 1. The van der Waals surface area contributed by atoms with Crippen LogP contribution < -0.4 is 4.74 Å². The molecular weight excluding hydrogens is 406 g/mol. The van der Waals surface area contributed by atoms with Gasteiger partial charge in [-0.05, 0) is 47.5 Å². The Kier molecular flexibility index (Phi) is 6.22. The summed E-state index contributed by atoms with van der Waals surface area (Å²) in [5, 5.41) is 10.8. The highest BCUT2D eigenvalue weighted by Crippen LogP contribution is 2.28. The quantitative estimate of drug-likeness (QED) is 0.196. The van der Waals surface area contributed by atoms with Crippen LogP contribution in [0.2, 0.25) is 0 Å². The van der Waals surface area contributed by atoms with Crippen LogP contribution in [0.1, 0.15) is 27.6 Å². The molecule has 0 N–H and O–H groups in total. The van der Waals surface area contributed by atoms with Crippen molar-refractivity contribution >= 4 is 11.7 Å². The van der Waals surface area contributed by atoms with Gasteiger partial charge in [0.15, 0.2) is 6.10 Å². The first-order valence-electron chi connectivity index (χ1n) is 9.93. The third-order valence-electron chi connectivity index (χ3n) is 4.80. The zero-order valence-electron chi connectivity index (χ0n) is 17.0. The first kappa shape index (κ1) is 20.8. The Hall–Kier alpha value is -4.45. The molecule has 4 rings (SSSR count). The minimum absolute atomic E-state index is 0.0122. The van der Waals surface area contributed by atoms with Gasteiger partial charge in [-0.1, -0.05) is 60.7 Å². The molecule has 4 aromatic rings. The van der Waals surface area contributed by atoms with Crippen LogP contribution in [0, 0.1) is 10.1 Å². The topological polar surface area (TPSA) is 78.7 Å². The number of nitrogens with zero attached hydrogens (tertiary/aromatic N) is 1. The third kappa shape index (κ3) is 4.99. The number of nitro benzene ring substituents is 1. The van der Waals surface area contributed by atoms with Gasteiger partial charge < -0.3 is 9.47 Å². The standard InChI is InChI=1S/C26H19NO5/c28-26(32-25(19-7-3-1-4-8-19)20-9-5-2-6-10-20)21-11-15-23(16-12-21)31-24-17-13-22(14-18-24)27(29)30/h1-18,25H. The van der Waals surface area contributed by atoms with Crippen molar-refractivity contribution in [2.75, 3.05) is 0 Å². The highest BCUT2D eigenvalue weighted by atomic mass is 16.6. The molecule has 0 radical (unpaired) electrons. The zero-order chi connectivity index (χ0) is 22.3. The van der Waals surface area contributed by atoms with Crippen LogP contribution in [0.15, 0.2) is 109 Å². The summed E-state index contributed by atoms with van der Waals surface area (Å²) in [6, 6.07) is 31.5. The van der Waals surface area contributed by atoms with E-state index in [-0.39, 0.29) is 5.69 Å². The van der Waals surface area contributed by atoms with Crippen LogP contribution in [-0.2, 0) is 4.74 Å². The van der Waals surface area contributed by atoms with E-state index in [9.17, 15) is 14.9 Å². The van der Waals surface area contributed by atoms with Gasteiger partial charge in [-0.2, -0.15) is 0 Å². The lowest BCUT2D eigenvalue weighted by Gasteiger charge is -2.19. The number of benzene rings is 4. The number of rotatable bonds is 7. The number of esters is 1. The summed E-state index contributed by atoms with van der Waals surface area (Å²) in [4.78, 5) is 23.1. The Morgan fingerprint density at radius 2 is 1.16 bits per heavy atom. The molecule has 0 spiro atoms. The van der Waals surface area contributed by atoms with Gasteiger partial charge in [0.25, 0.3) is 5.69 Å². The predicted molar refractivity (Wildman–Crippen MR) is 120 cm³/mol. The lowest BCUT2D eigenvalue weighted by atomic mass is 10.0. The van der Waals surface area contributed by atoms with Gasteiger partial charge in [0, 0.05) is 12.1 Å². The van der Waals surface area contributed by atoms with E-state index < -0.39 is 17.0 Å². The van der Waals surface area contributed by atoms with E-state index in [2.05, 4.69) is 0 Å². The van der Waals surface area contributed by atoms with E-state index in [0.29, 0.717) is 17.1 Å². The van der Waals surface area contributed by atoms with Crippen molar-refractivity contribution in [3.8, 4) is 11.5 Å². The van der Waals surface area contributed by atoms with Crippen molar-refractivity contribution in [2.45, 2.75) is 6.10 Å². The Balaban J connectivity index is 1.48. The van der Waals surface area contributed by atoms with Crippen LogP contribution in [0.3, 0.4) is 0 Å². The first-order chi connectivity index (χ1) is 15.6. The normalized spacial score (nSPS) is 10.5. The second kappa shape index (κ2) is 9.57. The largest absolute Gasteiger partial charge is 0.457 e. The third-order valence-corrected chi connectivity index (χ3v) is 4.80. The Labute approximate surface area is 184 Å². The summed E-state index contributed by atoms with van der Waals surface area (Å²) in [5.74, 6) is 0.502. The van der Waals surface area contributed by atoms with Gasteiger partial charge in [-0.25, -0.2) is 4.79 Å². The van der Waals surface area contributed by atoms with E-state index in [1.165, 1.54) is 24.3 Å². The fourth-order valence-electron chi connectivity index (χ4n) is 3.19. The molecule has 0 unspecified atom stereocenters. The molecule has 0 bridgehead atoms. The fraction of sp³-hybridized carbons (Fsp3) is 0.0385. The molecule has 0 atom stereocenters. The highest BCUT2D eigenvalue weighted by molar-refractivity contribution is 5.89. The van der Waals surface area contributed by atoms with Gasteiger partial charge in [0.05, 0.1) is 10.5 Å². The highest BCUT2D eigenvalue weighted by Gasteiger charge is 2.20. The van der Waals surface area contributed by atoms with Gasteiger partial charge in [0.2, 0.25) is 0 Å². The van der Waals surface area contributed by atoms with Crippen molar-refractivity contribution < 1.29 is 19.2 Å². The molecule has 6 nitrogen and oxygen atoms in total. The van der Waals surface area contributed by atoms with E-state index in [4.69, 9.17) is 9.47 Å². The molecule has 0 aromatic heterocycles. The Bertz CT molecular complexity index is 1150. The van der Waals surface area contributed by atoms with Crippen LogP contribution >= 0.6 is 0 Å². The maximum atomic E-state index is 12.8. The molecule has 0 aliphatic heterocycles. The van der Waals surface area contributed by atoms with Gasteiger partial charge in [-0.3, -0.25) is 10.1 Å². The molecule has 0 saturated heterocycles. The molecular formula is C26H19NO5. The molecule has 32 heavy (non-hydrogen) atoms. The number of carbonyl (C=O) groups is 1. The second-order valence-electron chi connectivity index (χ2n) is 6.98. The van der Waals surface area contributed by atoms with Crippen LogP contribution in [0.25, 0.3) is 0 Å². The number of non-ortho nitro benzene ring substituents is 1. The number of hydrogen-bond acceptors (Lipinski definition) is 5. The van der Waals surface area contributed by atoms with Crippen molar-refractivity contribution in [1.82, 2.24) is 0 Å². The summed E-state index contributed by atoms with van der Waals surface area (Å²) in [7, 11) is 0. The van der Waals surface area contributed by atoms with Gasteiger partial charge >= 0.3 is 5.97 Å². The maximum Gasteiger partial charge on any atom is 0.339 e. The molecule has 0 fully saturated rings. The number of hydrogen-bond donors (Lipinski definition) is 0. The van der Waals surface area contributed by atoms with Crippen LogP contribution in [0.5, 0.6) is 11.5 Å². The minimum Gasteiger partial charge on any atom is -0.457 e. The molecule has 0 amide bonds. The number of ether oxygens (including phenoxy) is 2. The predicted octanol–water partition coefficient (Wildman–Crippen LogP) is 6.33. The monoisotopic (exact) mass is 425 g/mol. The van der Waals surface area contributed by atoms with E-state index >= 15 is 0 Å². The van der Waals surface area contributed by atoms with Crippen molar-refractivity contribution in [1.29, 1.82) is 0 Å². The van der Waals surface area contributed by atoms with Crippen LogP contribution in [-0.4, -0.2) is 10.9 Å². The molecule has 6 heteroatoms. The van der Waals surface area contributed by atoms with Crippen LogP contribution in [0.4, 0.5) is 5.69 Å². The average molecular weight is 425 g/mol. The maximum absolute atomic E-state index is 12.8.